The summed E-state index contributed by atoms with van der Waals surface area (Å²) in [5, 5.41) is 0.0216. The Kier molecular flexibility index (Phi) is 3.58. The molecule has 3 aromatic carbocycles. The minimum atomic E-state index is -0.235. The molecule has 3 heteroatoms. The molecule has 1 aliphatic rings. The molecule has 0 bridgehead atoms. The lowest BCUT2D eigenvalue weighted by atomic mass is 10.00. The van der Waals surface area contributed by atoms with Crippen molar-refractivity contribution < 1.29 is 9.13 Å². The summed E-state index contributed by atoms with van der Waals surface area (Å²) < 4.78 is 19.7. The number of thioether (sulfide) groups is 1. The Bertz CT molecular complexity index is 858. The van der Waals surface area contributed by atoms with Gasteiger partial charge in [0.15, 0.2) is 0 Å². The van der Waals surface area contributed by atoms with Gasteiger partial charge in [-0.15, -0.1) is 11.8 Å². The number of halogens is 1. The summed E-state index contributed by atoms with van der Waals surface area (Å²) in [4.78, 5) is 1.16. The summed E-state index contributed by atoms with van der Waals surface area (Å²) in [6.07, 6.45) is 0. The van der Waals surface area contributed by atoms with E-state index in [1.54, 1.807) is 23.9 Å². The second-order valence-electron chi connectivity index (χ2n) is 5.63. The molecule has 0 N–H and O–H groups in total. The lowest BCUT2D eigenvalue weighted by molar-refractivity contribution is 0.456. The van der Waals surface area contributed by atoms with Crippen molar-refractivity contribution in [3.05, 3.63) is 89.2 Å². The van der Waals surface area contributed by atoms with E-state index in [4.69, 9.17) is 4.74 Å². The first-order valence-corrected chi connectivity index (χ1v) is 8.38. The zero-order valence-electron chi connectivity index (χ0n) is 12.6. The van der Waals surface area contributed by atoms with Gasteiger partial charge >= 0.3 is 0 Å². The highest BCUT2D eigenvalue weighted by molar-refractivity contribution is 7.99. The molecule has 4 rings (SSSR count). The molecule has 0 radical (unpaired) electrons. The molecule has 0 unspecified atom stereocenters. The van der Waals surface area contributed by atoms with Crippen LogP contribution in [0.4, 0.5) is 4.39 Å². The van der Waals surface area contributed by atoms with Crippen molar-refractivity contribution in [3.8, 4) is 11.5 Å². The number of benzene rings is 3. The normalized spacial score (nSPS) is 15.5. The Morgan fingerprint density at radius 3 is 2.43 bits per heavy atom. The third kappa shape index (κ3) is 2.73. The molecular weight excluding hydrogens is 307 g/mol. The van der Waals surface area contributed by atoms with Crippen LogP contribution in [0.25, 0.3) is 0 Å². The predicted octanol–water partition coefficient (Wildman–Crippen LogP) is 6.12. The summed E-state index contributed by atoms with van der Waals surface area (Å²) in [6.45, 7) is 2.07. The molecule has 1 heterocycles. The Labute approximate surface area is 139 Å². The van der Waals surface area contributed by atoms with Crippen LogP contribution in [0.1, 0.15) is 21.9 Å². The van der Waals surface area contributed by atoms with Gasteiger partial charge in [0.2, 0.25) is 0 Å². The monoisotopic (exact) mass is 322 g/mol. The van der Waals surface area contributed by atoms with Gasteiger partial charge in [0.1, 0.15) is 17.3 Å². The Morgan fingerprint density at radius 1 is 0.870 bits per heavy atom. The predicted molar refractivity (Wildman–Crippen MR) is 91.8 cm³/mol. The van der Waals surface area contributed by atoms with Crippen molar-refractivity contribution in [3.63, 3.8) is 0 Å². The van der Waals surface area contributed by atoms with Crippen LogP contribution in [0.5, 0.6) is 11.5 Å². The topological polar surface area (TPSA) is 9.23 Å². The van der Waals surface area contributed by atoms with Crippen molar-refractivity contribution in [1.82, 2.24) is 0 Å². The summed E-state index contributed by atoms with van der Waals surface area (Å²) in [5.41, 5.74) is 3.19. The molecule has 0 aromatic heterocycles. The van der Waals surface area contributed by atoms with Crippen LogP contribution in [-0.2, 0) is 0 Å². The van der Waals surface area contributed by atoms with Crippen molar-refractivity contribution in [1.29, 1.82) is 0 Å². The van der Waals surface area contributed by atoms with E-state index < -0.39 is 0 Å². The molecule has 1 aliphatic heterocycles. The van der Waals surface area contributed by atoms with Crippen LogP contribution in [0.2, 0.25) is 0 Å². The molecule has 0 saturated carbocycles. The lowest BCUT2D eigenvalue weighted by Gasteiger charge is -2.27. The smallest absolute Gasteiger partial charge is 0.132 e. The summed E-state index contributed by atoms with van der Waals surface area (Å²) >= 11 is 1.72. The highest BCUT2D eigenvalue weighted by atomic mass is 32.2. The molecule has 114 valence electrons. The van der Waals surface area contributed by atoms with Crippen LogP contribution >= 0.6 is 11.8 Å². The maximum Gasteiger partial charge on any atom is 0.132 e. The van der Waals surface area contributed by atoms with Gasteiger partial charge in [-0.2, -0.15) is 0 Å². The molecule has 0 spiro atoms. The fourth-order valence-electron chi connectivity index (χ4n) is 2.77. The number of hydrogen-bond acceptors (Lipinski definition) is 2. The largest absolute Gasteiger partial charge is 0.457 e. The zero-order chi connectivity index (χ0) is 15.8. The molecule has 0 fully saturated rings. The number of para-hydroxylation sites is 1. The van der Waals surface area contributed by atoms with Crippen molar-refractivity contribution in [2.75, 3.05) is 0 Å². The van der Waals surface area contributed by atoms with E-state index in [1.165, 1.54) is 11.6 Å². The number of fused-ring (bicyclic) bond motifs is 2. The maximum absolute atomic E-state index is 13.8. The van der Waals surface area contributed by atoms with Crippen LogP contribution in [-0.4, -0.2) is 0 Å². The summed E-state index contributed by atoms with van der Waals surface area (Å²) in [7, 11) is 0. The van der Waals surface area contributed by atoms with E-state index in [0.29, 0.717) is 0 Å². The number of hydrogen-bond donors (Lipinski definition) is 0. The van der Waals surface area contributed by atoms with E-state index >= 15 is 0 Å². The highest BCUT2D eigenvalue weighted by Crippen LogP contribution is 2.51. The molecule has 0 aliphatic carbocycles. The van der Waals surface area contributed by atoms with Gasteiger partial charge in [0, 0.05) is 16.0 Å². The molecule has 1 atom stereocenters. The van der Waals surface area contributed by atoms with Gasteiger partial charge < -0.3 is 4.74 Å². The molecule has 0 amide bonds. The van der Waals surface area contributed by atoms with Crippen molar-refractivity contribution in [2.24, 2.45) is 0 Å². The van der Waals surface area contributed by atoms with E-state index in [0.717, 1.165) is 27.5 Å². The van der Waals surface area contributed by atoms with E-state index in [-0.39, 0.29) is 11.1 Å². The summed E-state index contributed by atoms with van der Waals surface area (Å²) in [6, 6.07) is 21.1. The van der Waals surface area contributed by atoms with Crippen LogP contribution < -0.4 is 4.74 Å². The van der Waals surface area contributed by atoms with Gasteiger partial charge in [-0.3, -0.25) is 0 Å². The second kappa shape index (κ2) is 5.74. The zero-order valence-corrected chi connectivity index (χ0v) is 13.4. The molecule has 3 aromatic rings. The van der Waals surface area contributed by atoms with Crippen LogP contribution in [0.15, 0.2) is 71.6 Å². The number of aryl methyl sites for hydroxylation is 1. The van der Waals surface area contributed by atoms with Gasteiger partial charge in [0.05, 0.1) is 5.25 Å². The van der Waals surface area contributed by atoms with Gasteiger partial charge in [0.25, 0.3) is 0 Å². The quantitative estimate of drug-likeness (QED) is 0.562. The molecule has 23 heavy (non-hydrogen) atoms. The highest BCUT2D eigenvalue weighted by Gasteiger charge is 2.28. The molecule has 0 saturated heterocycles. The van der Waals surface area contributed by atoms with Gasteiger partial charge in [-0.25, -0.2) is 4.39 Å². The number of rotatable bonds is 2. The van der Waals surface area contributed by atoms with Crippen molar-refractivity contribution >= 4 is 11.8 Å². The minimum Gasteiger partial charge on any atom is -0.457 e. The standard InChI is InChI=1S/C20H15FOS/c1-13-6-9-15(10-7-13)23-20-16-4-2-3-5-18(16)22-19-11-8-14(21)12-17(19)20/h2-12,20H,1H3/t20-/m1/s1. The summed E-state index contributed by atoms with van der Waals surface area (Å²) in [5.74, 6) is 1.34. The van der Waals surface area contributed by atoms with Crippen LogP contribution in [0, 0.1) is 12.7 Å². The first-order valence-electron chi connectivity index (χ1n) is 7.50. The first kappa shape index (κ1) is 14.3. The average molecular weight is 322 g/mol. The second-order valence-corrected chi connectivity index (χ2v) is 6.81. The van der Waals surface area contributed by atoms with Gasteiger partial charge in [-0.05, 0) is 43.3 Å². The Hall–Kier alpha value is -2.26. The lowest BCUT2D eigenvalue weighted by Crippen LogP contribution is -2.08. The fourth-order valence-corrected chi connectivity index (χ4v) is 3.97. The third-order valence-electron chi connectivity index (χ3n) is 3.95. The Morgan fingerprint density at radius 2 is 1.61 bits per heavy atom. The maximum atomic E-state index is 13.8. The van der Waals surface area contributed by atoms with Crippen LogP contribution in [0.3, 0.4) is 0 Å². The SMILES string of the molecule is Cc1ccc(S[C@@H]2c3ccccc3Oc3ccc(F)cc32)cc1. The fraction of sp³-hybridized carbons (Fsp3) is 0.100. The van der Waals surface area contributed by atoms with E-state index in [1.807, 2.05) is 18.2 Å². The minimum absolute atomic E-state index is 0.0216. The third-order valence-corrected chi connectivity index (χ3v) is 5.24. The molecular formula is C20H15FOS. The first-order chi connectivity index (χ1) is 11.2. The average Bonchev–Trinajstić information content (AvgIpc) is 2.57. The molecule has 1 nitrogen and oxygen atoms in total. The Balaban J connectivity index is 1.81. The number of ether oxygens (including phenoxy) is 1. The van der Waals surface area contributed by atoms with E-state index in [2.05, 4.69) is 37.3 Å². The van der Waals surface area contributed by atoms with Crippen molar-refractivity contribution in [2.45, 2.75) is 17.1 Å². The van der Waals surface area contributed by atoms with Gasteiger partial charge in [-0.1, -0.05) is 35.9 Å². The van der Waals surface area contributed by atoms with E-state index in [9.17, 15) is 4.39 Å².